The van der Waals surface area contributed by atoms with E-state index < -0.39 is 0 Å². The number of benzene rings is 2. The second kappa shape index (κ2) is 27.6. The van der Waals surface area contributed by atoms with Crippen LogP contribution in [0.4, 0.5) is 0 Å². The second-order valence-corrected chi connectivity index (χ2v) is 6.43. The summed E-state index contributed by atoms with van der Waals surface area (Å²) in [6.45, 7) is 8.26. The largest absolute Gasteiger partial charge is 0.508 e. The fourth-order valence-corrected chi connectivity index (χ4v) is 2.29. The standard InChI is InChI=1S/2C9H12O.C5H5.5CH3.ClH.Ti/c2*1-7(2)8-5-3-4-6-9(8)10;1-2-4-5-3-1;;;;;;;/h2*3-7,10H,1-2H3;1-3H,4H2;5*1H3;1H;/q;;6*-1;;. The molecule has 32 heavy (non-hydrogen) atoms. The Labute approximate surface area is 222 Å². The molecule has 0 aliphatic heterocycles. The molecule has 0 aromatic heterocycles. The molecule has 0 bridgehead atoms. The zero-order chi connectivity index (χ0) is 18.7. The summed E-state index contributed by atoms with van der Waals surface area (Å²) in [5, 5.41) is 18.6. The predicted molar refractivity (Wildman–Crippen MR) is 145 cm³/mol. The average Bonchev–Trinajstić information content (AvgIpc) is 3.15. The molecule has 2 aromatic carbocycles. The molecule has 2 aromatic rings. The van der Waals surface area contributed by atoms with E-state index in [-0.39, 0.29) is 71.3 Å². The maximum absolute atomic E-state index is 9.28. The first kappa shape index (κ1) is 48.1. The molecule has 0 atom stereocenters. The molecule has 0 saturated heterocycles. The van der Waals surface area contributed by atoms with E-state index in [1.807, 2.05) is 48.6 Å². The number of phenols is 2. The van der Waals surface area contributed by atoms with Crippen LogP contribution in [0.5, 0.6) is 11.5 Å². The second-order valence-electron chi connectivity index (χ2n) is 6.43. The van der Waals surface area contributed by atoms with Crippen LogP contribution in [-0.2, 0) is 21.7 Å². The Morgan fingerprint density at radius 3 is 1.19 bits per heavy atom. The van der Waals surface area contributed by atoms with Crippen molar-refractivity contribution >= 4 is 12.4 Å². The Morgan fingerprint density at radius 2 is 1.03 bits per heavy atom. The molecule has 0 spiro atoms. The van der Waals surface area contributed by atoms with Gasteiger partial charge in [-0.3, -0.25) is 6.08 Å². The number of rotatable bonds is 2. The van der Waals surface area contributed by atoms with E-state index in [4.69, 9.17) is 0 Å². The van der Waals surface area contributed by atoms with Gasteiger partial charge >= 0.3 is 0 Å². The van der Waals surface area contributed by atoms with Crippen LogP contribution in [0.15, 0.2) is 66.8 Å². The molecule has 1 aliphatic rings. The quantitative estimate of drug-likeness (QED) is 0.321. The van der Waals surface area contributed by atoms with Crippen LogP contribution in [0.1, 0.15) is 57.1 Å². The molecule has 0 fully saturated rings. The van der Waals surface area contributed by atoms with Gasteiger partial charge in [0.15, 0.2) is 0 Å². The third kappa shape index (κ3) is 19.2. The van der Waals surface area contributed by atoms with Gasteiger partial charge in [0, 0.05) is 21.7 Å². The molecule has 0 unspecified atom stereocenters. The van der Waals surface area contributed by atoms with Crippen molar-refractivity contribution in [2.24, 2.45) is 0 Å². The van der Waals surface area contributed by atoms with Crippen LogP contribution in [0.3, 0.4) is 0 Å². The Hall–Kier alpha value is -1.48. The van der Waals surface area contributed by atoms with Crippen molar-refractivity contribution in [3.63, 3.8) is 0 Å². The van der Waals surface area contributed by atoms with Crippen molar-refractivity contribution in [2.75, 3.05) is 0 Å². The van der Waals surface area contributed by atoms with Crippen molar-refractivity contribution in [1.82, 2.24) is 0 Å². The fraction of sp³-hybridized carbons (Fsp3) is 0.250. The van der Waals surface area contributed by atoms with Gasteiger partial charge in [0.2, 0.25) is 0 Å². The number of halogens is 1. The van der Waals surface area contributed by atoms with Gasteiger partial charge in [-0.25, -0.2) is 12.2 Å². The molecule has 186 valence electrons. The third-order valence-corrected chi connectivity index (χ3v) is 3.70. The van der Waals surface area contributed by atoms with Crippen molar-refractivity contribution in [3.05, 3.63) is 121 Å². The van der Waals surface area contributed by atoms with Crippen LogP contribution in [-0.4, -0.2) is 10.2 Å². The van der Waals surface area contributed by atoms with Gasteiger partial charge in [-0.1, -0.05) is 64.1 Å². The number of hydrogen-bond donors (Lipinski definition) is 2. The maximum atomic E-state index is 9.28. The number of aromatic hydroxyl groups is 2. The molecule has 2 nitrogen and oxygen atoms in total. The summed E-state index contributed by atoms with van der Waals surface area (Å²) in [4.78, 5) is 0. The van der Waals surface area contributed by atoms with Crippen LogP contribution in [0.2, 0.25) is 0 Å². The van der Waals surface area contributed by atoms with Gasteiger partial charge in [0.05, 0.1) is 0 Å². The smallest absolute Gasteiger partial charge is 0.119 e. The zero-order valence-corrected chi connectivity index (χ0v) is 23.9. The zero-order valence-electron chi connectivity index (χ0n) is 21.5. The first-order chi connectivity index (χ1) is 11.9. The average molecular weight is 497 g/mol. The third-order valence-electron chi connectivity index (χ3n) is 3.70. The van der Waals surface area contributed by atoms with Crippen LogP contribution in [0, 0.1) is 43.2 Å². The topological polar surface area (TPSA) is 40.5 Å². The minimum atomic E-state index is 0. The van der Waals surface area contributed by atoms with Crippen LogP contribution >= 0.6 is 12.4 Å². The predicted octanol–water partition coefficient (Wildman–Crippen LogP) is 9.01. The molecule has 0 amide bonds. The van der Waals surface area contributed by atoms with Gasteiger partial charge in [0.25, 0.3) is 0 Å². The van der Waals surface area contributed by atoms with E-state index in [9.17, 15) is 10.2 Å². The molecule has 2 N–H and O–H groups in total. The minimum Gasteiger partial charge on any atom is -0.508 e. The van der Waals surface area contributed by atoms with Crippen molar-refractivity contribution in [1.29, 1.82) is 0 Å². The maximum Gasteiger partial charge on any atom is 0.119 e. The molecule has 0 heterocycles. The Balaban J connectivity index is -0.0000000547. The number of para-hydroxylation sites is 2. The SMILES string of the molecule is CC(C)c1ccccc1O.CC(C)c1ccccc1O.Cl.[C-]1=CC=CC1.[CH3-].[CH3-].[CH3-].[CH3-].[CH3-].[Ti]. The summed E-state index contributed by atoms with van der Waals surface area (Å²) in [7, 11) is 0. The summed E-state index contributed by atoms with van der Waals surface area (Å²) < 4.78 is 0. The van der Waals surface area contributed by atoms with E-state index in [1.165, 1.54) is 0 Å². The molecular weight excluding hydrogens is 452 g/mol. The Morgan fingerprint density at radius 1 is 0.688 bits per heavy atom. The van der Waals surface area contributed by atoms with E-state index in [0.29, 0.717) is 23.3 Å². The summed E-state index contributed by atoms with van der Waals surface area (Å²) >= 11 is 0. The van der Waals surface area contributed by atoms with E-state index in [2.05, 4.69) is 39.8 Å². The Bertz CT molecular complexity index is 636. The molecule has 4 heteroatoms. The molecular formula is C28H45ClO2Ti-6. The first-order valence-electron chi connectivity index (χ1n) is 8.71. The van der Waals surface area contributed by atoms with Gasteiger partial charge in [-0.2, -0.15) is 6.08 Å². The summed E-state index contributed by atoms with van der Waals surface area (Å²) in [6.07, 6.45) is 10.0. The van der Waals surface area contributed by atoms with Crippen molar-refractivity contribution in [2.45, 2.75) is 46.0 Å². The van der Waals surface area contributed by atoms with Gasteiger partial charge in [-0.05, 0) is 35.1 Å². The van der Waals surface area contributed by atoms with E-state index >= 15 is 0 Å². The fourth-order valence-electron chi connectivity index (χ4n) is 2.29. The Kier molecular flexibility index (Phi) is 41.4. The molecule has 3 rings (SSSR count). The minimum absolute atomic E-state index is 0. The summed E-state index contributed by atoms with van der Waals surface area (Å²) in [5.74, 6) is 1.61. The molecule has 0 radical (unpaired) electrons. The number of phenolic OH excluding ortho intramolecular Hbond substituents is 2. The van der Waals surface area contributed by atoms with Gasteiger partial charge in [-0.15, -0.1) is 18.8 Å². The van der Waals surface area contributed by atoms with Crippen molar-refractivity contribution < 1.29 is 31.9 Å². The van der Waals surface area contributed by atoms with Gasteiger partial charge in [0.1, 0.15) is 11.5 Å². The van der Waals surface area contributed by atoms with Crippen LogP contribution in [0.25, 0.3) is 0 Å². The molecule has 0 saturated carbocycles. The number of allylic oxidation sites excluding steroid dienone is 4. The summed E-state index contributed by atoms with van der Waals surface area (Å²) in [6, 6.07) is 14.9. The van der Waals surface area contributed by atoms with E-state index in [1.54, 1.807) is 12.1 Å². The first-order valence-corrected chi connectivity index (χ1v) is 8.71. The number of hydrogen-bond acceptors (Lipinski definition) is 2. The van der Waals surface area contributed by atoms with Gasteiger partial charge < -0.3 is 47.3 Å². The molecule has 1 aliphatic carbocycles. The summed E-state index contributed by atoms with van der Waals surface area (Å²) in [5.41, 5.74) is 2.03. The van der Waals surface area contributed by atoms with Crippen molar-refractivity contribution in [3.8, 4) is 11.5 Å². The van der Waals surface area contributed by atoms with Crippen LogP contribution < -0.4 is 0 Å². The normalized spacial score (nSPS) is 9.19. The monoisotopic (exact) mass is 496 g/mol. The van der Waals surface area contributed by atoms with E-state index in [0.717, 1.165) is 17.5 Å².